The van der Waals surface area contributed by atoms with Crippen LogP contribution in [-0.2, 0) is 0 Å². The Morgan fingerprint density at radius 3 is 1.85 bits per heavy atom. The lowest BCUT2D eigenvalue weighted by molar-refractivity contribution is 0.0731. The van der Waals surface area contributed by atoms with Crippen LogP contribution in [0.25, 0.3) is 0 Å². The number of anilines is 1. The predicted molar refractivity (Wildman–Crippen MR) is 122 cm³/mol. The number of carbonyl (C=O) groups excluding carboxylic acids is 2. The Morgan fingerprint density at radius 2 is 1.15 bits per heavy atom. The van der Waals surface area contributed by atoms with Crippen LogP contribution in [0.5, 0.6) is 28.7 Å². The lowest BCUT2D eigenvalue weighted by Gasteiger charge is -2.09. The molecule has 0 fully saturated rings. The summed E-state index contributed by atoms with van der Waals surface area (Å²) in [6.07, 6.45) is -0.675. The van der Waals surface area contributed by atoms with Crippen molar-refractivity contribution in [1.29, 1.82) is 0 Å². The Morgan fingerprint density at radius 1 is 0.606 bits per heavy atom. The van der Waals surface area contributed by atoms with Crippen LogP contribution in [-0.4, -0.2) is 17.2 Å². The minimum Gasteiger partial charge on any atom is -0.507 e. The summed E-state index contributed by atoms with van der Waals surface area (Å²) in [7, 11) is 0. The van der Waals surface area contributed by atoms with Gasteiger partial charge in [-0.25, -0.2) is 9.59 Å². The van der Waals surface area contributed by atoms with Gasteiger partial charge in [0.05, 0.1) is 0 Å². The van der Waals surface area contributed by atoms with E-state index in [2.05, 4.69) is 5.32 Å². The zero-order valence-corrected chi connectivity index (χ0v) is 17.3. The molecule has 4 aromatic carbocycles. The van der Waals surface area contributed by atoms with Crippen molar-refractivity contribution in [3.05, 3.63) is 109 Å². The molecule has 0 radical (unpaired) electrons. The van der Waals surface area contributed by atoms with Crippen LogP contribution in [0.15, 0.2) is 103 Å². The molecule has 0 aliphatic heterocycles. The van der Waals surface area contributed by atoms with Crippen molar-refractivity contribution in [2.24, 2.45) is 0 Å². The molecule has 7 heteroatoms. The number of hydrogen-bond acceptors (Lipinski definition) is 6. The first kappa shape index (κ1) is 21.5. The van der Waals surface area contributed by atoms with E-state index in [1.165, 1.54) is 24.3 Å². The molecule has 4 rings (SSSR count). The predicted octanol–water partition coefficient (Wildman–Crippen LogP) is 6.01. The molecule has 0 aliphatic rings. The number of phenolic OH excluding ortho intramolecular Hbond substituents is 1. The summed E-state index contributed by atoms with van der Waals surface area (Å²) in [5.74, 6) is 1.08. The first-order valence-electron chi connectivity index (χ1n) is 9.99. The highest BCUT2D eigenvalue weighted by atomic mass is 16.6. The molecule has 2 N–H and O–H groups in total. The Balaban J connectivity index is 1.29. The number of ether oxygens (including phenoxy) is 3. The third kappa shape index (κ3) is 5.89. The van der Waals surface area contributed by atoms with Crippen LogP contribution in [0.2, 0.25) is 0 Å². The molecule has 0 heterocycles. The minimum absolute atomic E-state index is 0.0588. The SMILES string of the molecule is O=C(Nc1ccc(OC(=O)c2ccccc2O)cc1)Oc1ccc(Oc2ccccc2)cc1. The summed E-state index contributed by atoms with van der Waals surface area (Å²) in [4.78, 5) is 24.3. The van der Waals surface area contributed by atoms with E-state index in [4.69, 9.17) is 14.2 Å². The van der Waals surface area contributed by atoms with Crippen molar-refractivity contribution in [1.82, 2.24) is 0 Å². The maximum Gasteiger partial charge on any atom is 0.417 e. The molecular formula is C26H19NO6. The van der Waals surface area contributed by atoms with E-state index in [9.17, 15) is 14.7 Å². The van der Waals surface area contributed by atoms with Crippen molar-refractivity contribution in [2.75, 3.05) is 5.32 Å². The summed E-state index contributed by atoms with van der Waals surface area (Å²) >= 11 is 0. The zero-order chi connectivity index (χ0) is 23.0. The zero-order valence-electron chi connectivity index (χ0n) is 17.3. The molecule has 0 spiro atoms. The Hall–Kier alpha value is -4.78. The second kappa shape index (κ2) is 10.0. The van der Waals surface area contributed by atoms with Gasteiger partial charge in [-0.05, 0) is 72.8 Å². The van der Waals surface area contributed by atoms with Crippen LogP contribution in [0.1, 0.15) is 10.4 Å². The normalized spacial score (nSPS) is 10.2. The van der Waals surface area contributed by atoms with E-state index in [0.717, 1.165) is 0 Å². The first-order valence-corrected chi connectivity index (χ1v) is 9.99. The Labute approximate surface area is 189 Å². The maximum atomic E-state index is 12.2. The van der Waals surface area contributed by atoms with E-state index in [1.54, 1.807) is 48.5 Å². The number of aromatic hydroxyl groups is 1. The van der Waals surface area contributed by atoms with Gasteiger partial charge in [-0.15, -0.1) is 0 Å². The fourth-order valence-electron chi connectivity index (χ4n) is 2.87. The largest absolute Gasteiger partial charge is 0.507 e. The molecule has 0 aliphatic carbocycles. The number of benzene rings is 4. The third-order valence-electron chi connectivity index (χ3n) is 4.45. The molecule has 0 saturated carbocycles. The van der Waals surface area contributed by atoms with Crippen molar-refractivity contribution >= 4 is 17.7 Å². The highest BCUT2D eigenvalue weighted by molar-refractivity contribution is 5.94. The molecule has 1 amide bonds. The minimum atomic E-state index is -0.687. The van der Waals surface area contributed by atoms with E-state index < -0.39 is 12.1 Å². The van der Waals surface area contributed by atoms with Crippen molar-refractivity contribution < 1.29 is 28.9 Å². The van der Waals surface area contributed by atoms with Crippen LogP contribution in [0.4, 0.5) is 10.5 Å². The van der Waals surface area contributed by atoms with Crippen molar-refractivity contribution in [3.8, 4) is 28.7 Å². The highest BCUT2D eigenvalue weighted by Crippen LogP contribution is 2.24. The Kier molecular flexibility index (Phi) is 6.51. The van der Waals surface area contributed by atoms with E-state index in [-0.39, 0.29) is 17.1 Å². The van der Waals surface area contributed by atoms with Crippen molar-refractivity contribution in [3.63, 3.8) is 0 Å². The molecule has 4 aromatic rings. The van der Waals surface area contributed by atoms with E-state index in [1.807, 2.05) is 30.3 Å². The quantitative estimate of drug-likeness (QED) is 0.281. The van der Waals surface area contributed by atoms with Gasteiger partial charge in [-0.1, -0.05) is 30.3 Å². The number of rotatable bonds is 6. The van der Waals surface area contributed by atoms with Gasteiger partial charge in [0.15, 0.2) is 0 Å². The molecule has 0 aromatic heterocycles. The van der Waals surface area contributed by atoms with E-state index in [0.29, 0.717) is 22.9 Å². The molecule has 164 valence electrons. The lowest BCUT2D eigenvalue weighted by atomic mass is 10.2. The number of esters is 1. The lowest BCUT2D eigenvalue weighted by Crippen LogP contribution is -2.16. The number of para-hydroxylation sites is 2. The summed E-state index contributed by atoms with van der Waals surface area (Å²) in [6.45, 7) is 0. The van der Waals surface area contributed by atoms with Crippen molar-refractivity contribution in [2.45, 2.75) is 0 Å². The van der Waals surface area contributed by atoms with Gasteiger partial charge in [0.25, 0.3) is 0 Å². The van der Waals surface area contributed by atoms with Gasteiger partial charge in [0, 0.05) is 5.69 Å². The number of hydrogen-bond donors (Lipinski definition) is 2. The second-order valence-electron chi connectivity index (χ2n) is 6.83. The Bertz CT molecular complexity index is 1240. The molecule has 0 bridgehead atoms. The fourth-order valence-corrected chi connectivity index (χ4v) is 2.87. The third-order valence-corrected chi connectivity index (χ3v) is 4.45. The number of carbonyl (C=O) groups is 2. The fraction of sp³-hybridized carbons (Fsp3) is 0. The molecule has 0 saturated heterocycles. The molecule has 0 atom stereocenters. The smallest absolute Gasteiger partial charge is 0.417 e. The average Bonchev–Trinajstić information content (AvgIpc) is 2.82. The van der Waals surface area contributed by atoms with Gasteiger partial charge < -0.3 is 19.3 Å². The van der Waals surface area contributed by atoms with Gasteiger partial charge in [0.2, 0.25) is 0 Å². The number of nitrogens with one attached hydrogen (secondary N) is 1. The number of amides is 1. The highest BCUT2D eigenvalue weighted by Gasteiger charge is 2.13. The average molecular weight is 441 g/mol. The topological polar surface area (TPSA) is 94.1 Å². The summed E-state index contributed by atoms with van der Waals surface area (Å²) in [5, 5.41) is 12.3. The van der Waals surface area contributed by atoms with Gasteiger partial charge in [-0.2, -0.15) is 0 Å². The van der Waals surface area contributed by atoms with E-state index >= 15 is 0 Å². The maximum absolute atomic E-state index is 12.2. The summed E-state index contributed by atoms with van der Waals surface area (Å²) in [5.41, 5.74) is 0.509. The molecule has 0 unspecified atom stereocenters. The standard InChI is InChI=1S/C26H19NO6/c28-24-9-5-4-8-23(24)25(29)32-21-12-10-18(11-13-21)27-26(30)33-22-16-14-20(15-17-22)31-19-6-2-1-3-7-19/h1-17,28H,(H,27,30). The summed E-state index contributed by atoms with van der Waals surface area (Å²) in [6, 6.07) is 28.2. The van der Waals surface area contributed by atoms with Gasteiger partial charge >= 0.3 is 12.1 Å². The van der Waals surface area contributed by atoms with Gasteiger partial charge in [0.1, 0.15) is 34.3 Å². The van der Waals surface area contributed by atoms with Gasteiger partial charge in [-0.3, -0.25) is 5.32 Å². The molecule has 7 nitrogen and oxygen atoms in total. The molecular weight excluding hydrogens is 422 g/mol. The van der Waals surface area contributed by atoms with Crippen LogP contribution >= 0.6 is 0 Å². The van der Waals surface area contributed by atoms with Crippen LogP contribution < -0.4 is 19.5 Å². The first-order chi connectivity index (χ1) is 16.1. The second-order valence-corrected chi connectivity index (χ2v) is 6.83. The van der Waals surface area contributed by atoms with Crippen LogP contribution in [0, 0.1) is 0 Å². The van der Waals surface area contributed by atoms with Crippen LogP contribution in [0.3, 0.4) is 0 Å². The monoisotopic (exact) mass is 441 g/mol. The summed E-state index contributed by atoms with van der Waals surface area (Å²) < 4.78 is 16.2. The number of phenols is 1. The molecule has 33 heavy (non-hydrogen) atoms.